The van der Waals surface area contributed by atoms with Crippen LogP contribution in [0.25, 0.3) is 0 Å². The quantitative estimate of drug-likeness (QED) is 0.763. The molecule has 3 rings (SSSR count). The zero-order valence-corrected chi connectivity index (χ0v) is 16.4. The lowest BCUT2D eigenvalue weighted by atomic mass is 10.1. The second-order valence-corrected chi connectivity index (χ2v) is 6.81. The molecule has 1 aliphatic heterocycles. The highest BCUT2D eigenvalue weighted by atomic mass is 32.1. The molecule has 0 saturated carbocycles. The fourth-order valence-electron chi connectivity index (χ4n) is 2.70. The van der Waals surface area contributed by atoms with Gasteiger partial charge in [-0.05, 0) is 37.6 Å². The number of amides is 1. The predicted octanol–water partition coefficient (Wildman–Crippen LogP) is 3.04. The standard InChI is InChI=1S/C19H19NO7S/c1-4-25-19(23)15-10(2)14(18(22)24-3)17(28-15)20-16(21)11-5-6-12-13(9-11)27-8-7-26-12/h5-6,9H,4,7-8H2,1-3H3,(H,20,21). The van der Waals surface area contributed by atoms with Gasteiger partial charge in [0.25, 0.3) is 5.91 Å². The Morgan fingerprint density at radius 2 is 1.86 bits per heavy atom. The Kier molecular flexibility index (Phi) is 5.84. The average Bonchev–Trinajstić information content (AvgIpc) is 3.03. The van der Waals surface area contributed by atoms with Crippen molar-refractivity contribution < 1.29 is 33.3 Å². The Labute approximate surface area is 165 Å². The van der Waals surface area contributed by atoms with E-state index in [0.29, 0.717) is 35.8 Å². The zero-order valence-electron chi connectivity index (χ0n) is 15.6. The van der Waals surface area contributed by atoms with Crippen LogP contribution in [0.5, 0.6) is 11.5 Å². The molecule has 2 heterocycles. The van der Waals surface area contributed by atoms with Gasteiger partial charge in [-0.1, -0.05) is 0 Å². The van der Waals surface area contributed by atoms with E-state index in [0.717, 1.165) is 11.3 Å². The minimum Gasteiger partial charge on any atom is -0.486 e. The lowest BCUT2D eigenvalue weighted by Crippen LogP contribution is -2.17. The van der Waals surface area contributed by atoms with Crippen LogP contribution in [-0.2, 0) is 9.47 Å². The first-order chi connectivity index (χ1) is 13.5. The molecule has 0 bridgehead atoms. The van der Waals surface area contributed by atoms with Gasteiger partial charge in [0.15, 0.2) is 11.5 Å². The average molecular weight is 405 g/mol. The number of nitrogens with one attached hydrogen (secondary N) is 1. The third-order valence-corrected chi connectivity index (χ3v) is 5.22. The summed E-state index contributed by atoms with van der Waals surface area (Å²) < 4.78 is 20.7. The smallest absolute Gasteiger partial charge is 0.348 e. The Morgan fingerprint density at radius 1 is 1.14 bits per heavy atom. The van der Waals surface area contributed by atoms with Gasteiger partial charge in [0.05, 0.1) is 19.3 Å². The number of rotatable bonds is 5. The van der Waals surface area contributed by atoms with Crippen LogP contribution in [0.4, 0.5) is 5.00 Å². The number of carbonyl (C=O) groups is 3. The summed E-state index contributed by atoms with van der Waals surface area (Å²) in [6.45, 7) is 4.34. The highest BCUT2D eigenvalue weighted by Gasteiger charge is 2.27. The highest BCUT2D eigenvalue weighted by Crippen LogP contribution is 2.35. The van der Waals surface area contributed by atoms with Crippen molar-refractivity contribution in [2.24, 2.45) is 0 Å². The number of fused-ring (bicyclic) bond motifs is 1. The summed E-state index contributed by atoms with van der Waals surface area (Å²) in [5.74, 6) is -0.633. The number of esters is 2. The molecule has 0 spiro atoms. The van der Waals surface area contributed by atoms with Crippen molar-refractivity contribution >= 4 is 34.2 Å². The summed E-state index contributed by atoms with van der Waals surface area (Å²) in [7, 11) is 1.23. The van der Waals surface area contributed by atoms with Crippen molar-refractivity contribution in [3.05, 3.63) is 39.8 Å². The first-order valence-corrected chi connectivity index (χ1v) is 9.37. The topological polar surface area (TPSA) is 100 Å². The number of carbonyl (C=O) groups excluding carboxylic acids is 3. The number of benzene rings is 1. The number of hydrogen-bond donors (Lipinski definition) is 1. The Balaban J connectivity index is 1.92. The third-order valence-electron chi connectivity index (χ3n) is 4.03. The SMILES string of the molecule is CCOC(=O)c1sc(NC(=O)c2ccc3c(c2)OCCO3)c(C(=O)OC)c1C. The zero-order chi connectivity index (χ0) is 20.3. The van der Waals surface area contributed by atoms with Crippen molar-refractivity contribution in [2.45, 2.75) is 13.8 Å². The van der Waals surface area contributed by atoms with Crippen molar-refractivity contribution in [1.29, 1.82) is 0 Å². The second-order valence-electron chi connectivity index (χ2n) is 5.78. The van der Waals surface area contributed by atoms with E-state index >= 15 is 0 Å². The van der Waals surface area contributed by atoms with Crippen LogP contribution in [0, 0.1) is 6.92 Å². The largest absolute Gasteiger partial charge is 0.486 e. The maximum absolute atomic E-state index is 12.7. The van der Waals surface area contributed by atoms with Crippen molar-refractivity contribution in [3.63, 3.8) is 0 Å². The van der Waals surface area contributed by atoms with Gasteiger partial charge in [-0.25, -0.2) is 9.59 Å². The van der Waals surface area contributed by atoms with Gasteiger partial charge in [-0.2, -0.15) is 0 Å². The summed E-state index contributed by atoms with van der Waals surface area (Å²) in [5.41, 5.74) is 0.845. The van der Waals surface area contributed by atoms with Gasteiger partial charge in [0.2, 0.25) is 0 Å². The lowest BCUT2D eigenvalue weighted by molar-refractivity contribution is 0.0531. The number of anilines is 1. The van der Waals surface area contributed by atoms with E-state index in [1.54, 1.807) is 32.0 Å². The number of methoxy groups -OCH3 is 1. The van der Waals surface area contributed by atoms with Gasteiger partial charge >= 0.3 is 11.9 Å². The van der Waals surface area contributed by atoms with E-state index in [-0.39, 0.29) is 22.0 Å². The molecule has 8 nitrogen and oxygen atoms in total. The molecule has 1 aromatic carbocycles. The van der Waals surface area contributed by atoms with Crippen molar-refractivity contribution in [1.82, 2.24) is 0 Å². The number of thiophene rings is 1. The molecule has 0 atom stereocenters. The lowest BCUT2D eigenvalue weighted by Gasteiger charge is -2.18. The van der Waals surface area contributed by atoms with Gasteiger partial charge in [-0.15, -0.1) is 11.3 Å². The molecule has 0 aliphatic carbocycles. The molecular formula is C19H19NO7S. The van der Waals surface area contributed by atoms with E-state index < -0.39 is 17.8 Å². The normalized spacial score (nSPS) is 12.2. The monoisotopic (exact) mass is 405 g/mol. The first kappa shape index (κ1) is 19.7. The minimum absolute atomic E-state index is 0.126. The molecule has 1 aromatic heterocycles. The van der Waals surface area contributed by atoms with E-state index in [2.05, 4.69) is 5.32 Å². The van der Waals surface area contributed by atoms with Crippen LogP contribution < -0.4 is 14.8 Å². The van der Waals surface area contributed by atoms with Gasteiger partial charge in [-0.3, -0.25) is 4.79 Å². The molecular weight excluding hydrogens is 386 g/mol. The molecule has 0 unspecified atom stereocenters. The molecule has 1 N–H and O–H groups in total. The molecule has 28 heavy (non-hydrogen) atoms. The summed E-state index contributed by atoms with van der Waals surface area (Å²) in [4.78, 5) is 37.3. The maximum atomic E-state index is 12.7. The molecule has 148 valence electrons. The van der Waals surface area contributed by atoms with Crippen LogP contribution in [0.2, 0.25) is 0 Å². The van der Waals surface area contributed by atoms with Crippen LogP contribution in [0.1, 0.15) is 42.9 Å². The van der Waals surface area contributed by atoms with Crippen LogP contribution in [-0.4, -0.2) is 44.8 Å². The van der Waals surface area contributed by atoms with Crippen molar-refractivity contribution in [3.8, 4) is 11.5 Å². The van der Waals surface area contributed by atoms with Crippen LogP contribution in [0.3, 0.4) is 0 Å². The van der Waals surface area contributed by atoms with Gasteiger partial charge < -0.3 is 24.3 Å². The van der Waals surface area contributed by atoms with E-state index in [4.69, 9.17) is 18.9 Å². The molecule has 0 fully saturated rings. The van der Waals surface area contributed by atoms with E-state index in [1.807, 2.05) is 0 Å². The maximum Gasteiger partial charge on any atom is 0.348 e. The highest BCUT2D eigenvalue weighted by molar-refractivity contribution is 7.18. The summed E-state index contributed by atoms with van der Waals surface area (Å²) in [6, 6.07) is 4.80. The number of hydrogen-bond acceptors (Lipinski definition) is 8. The summed E-state index contributed by atoms with van der Waals surface area (Å²) >= 11 is 0.966. The number of ether oxygens (including phenoxy) is 4. The Hall–Kier alpha value is -3.07. The van der Waals surface area contributed by atoms with Gasteiger partial charge in [0, 0.05) is 5.56 Å². The fourth-order valence-corrected chi connectivity index (χ4v) is 3.78. The second kappa shape index (κ2) is 8.30. The Bertz CT molecular complexity index is 935. The molecule has 1 amide bonds. The van der Waals surface area contributed by atoms with Crippen molar-refractivity contribution in [2.75, 3.05) is 32.2 Å². The summed E-state index contributed by atoms with van der Waals surface area (Å²) in [6.07, 6.45) is 0. The van der Waals surface area contributed by atoms with Gasteiger partial charge in [0.1, 0.15) is 23.1 Å². The predicted molar refractivity (Wildman–Crippen MR) is 102 cm³/mol. The minimum atomic E-state index is -0.651. The molecule has 9 heteroatoms. The molecule has 2 aromatic rings. The van der Waals surface area contributed by atoms with Crippen LogP contribution in [0.15, 0.2) is 18.2 Å². The molecule has 1 aliphatic rings. The van der Waals surface area contributed by atoms with E-state index in [1.165, 1.54) is 7.11 Å². The summed E-state index contributed by atoms with van der Waals surface area (Å²) in [5, 5.41) is 2.90. The third kappa shape index (κ3) is 3.79. The van der Waals surface area contributed by atoms with E-state index in [9.17, 15) is 14.4 Å². The van der Waals surface area contributed by atoms with Crippen LogP contribution >= 0.6 is 11.3 Å². The Morgan fingerprint density at radius 3 is 2.54 bits per heavy atom. The molecule has 0 saturated heterocycles. The fraction of sp³-hybridized carbons (Fsp3) is 0.316. The molecule has 0 radical (unpaired) electrons. The first-order valence-electron chi connectivity index (χ1n) is 8.56.